The molecular formula is C18H17ClN4O4S. The van der Waals surface area contributed by atoms with Gasteiger partial charge in [0.15, 0.2) is 14.9 Å². The maximum absolute atomic E-state index is 12.3. The standard InChI is InChI=1S/C18H17ClN4O4S/c1-3-20-17(25)15-11-21-23(18(15)28(2,26)27)14-6-4-13(5-7-14)22-9-8-12(19)10-16(22)24/h4-11H,3H2,1-2H3,(H,20,25). The van der Waals surface area contributed by atoms with Crippen molar-refractivity contribution >= 4 is 27.3 Å². The summed E-state index contributed by atoms with van der Waals surface area (Å²) in [6.07, 6.45) is 3.78. The van der Waals surface area contributed by atoms with Gasteiger partial charge in [-0.2, -0.15) is 5.10 Å². The van der Waals surface area contributed by atoms with Crippen molar-refractivity contribution in [3.63, 3.8) is 0 Å². The summed E-state index contributed by atoms with van der Waals surface area (Å²) in [4.78, 5) is 24.2. The number of benzene rings is 1. The Bertz CT molecular complexity index is 1200. The van der Waals surface area contributed by atoms with Gasteiger partial charge in [0.25, 0.3) is 11.5 Å². The maximum atomic E-state index is 12.3. The lowest BCUT2D eigenvalue weighted by Crippen LogP contribution is -2.24. The molecule has 10 heteroatoms. The van der Waals surface area contributed by atoms with Gasteiger partial charge in [-0.25, -0.2) is 13.1 Å². The summed E-state index contributed by atoms with van der Waals surface area (Å²) in [5.74, 6) is -0.515. The minimum absolute atomic E-state index is 0.0256. The third-order valence-electron chi connectivity index (χ3n) is 3.91. The second kappa shape index (κ2) is 7.61. The SMILES string of the molecule is CCNC(=O)c1cnn(-c2ccc(-n3ccc(Cl)cc3=O)cc2)c1S(C)(=O)=O. The highest BCUT2D eigenvalue weighted by Gasteiger charge is 2.25. The van der Waals surface area contributed by atoms with Gasteiger partial charge in [0.1, 0.15) is 0 Å². The first-order valence-electron chi connectivity index (χ1n) is 8.27. The smallest absolute Gasteiger partial charge is 0.256 e. The molecule has 0 aliphatic rings. The number of aromatic nitrogens is 3. The first-order valence-corrected chi connectivity index (χ1v) is 10.5. The topological polar surface area (TPSA) is 103 Å². The number of amides is 1. The van der Waals surface area contributed by atoms with Gasteiger partial charge < -0.3 is 5.32 Å². The number of nitrogens with one attached hydrogen (secondary N) is 1. The number of halogens is 1. The molecule has 0 unspecified atom stereocenters. The van der Waals surface area contributed by atoms with E-state index in [1.807, 2.05) is 0 Å². The van der Waals surface area contributed by atoms with E-state index in [2.05, 4.69) is 10.4 Å². The molecule has 1 N–H and O–H groups in total. The Morgan fingerprint density at radius 1 is 1.18 bits per heavy atom. The number of hydrogen-bond acceptors (Lipinski definition) is 5. The van der Waals surface area contributed by atoms with Gasteiger partial charge in [-0.15, -0.1) is 0 Å². The number of nitrogens with zero attached hydrogens (tertiary/aromatic N) is 3. The quantitative estimate of drug-likeness (QED) is 0.678. The van der Waals surface area contributed by atoms with Gasteiger partial charge in [0, 0.05) is 35.8 Å². The summed E-state index contributed by atoms with van der Waals surface area (Å²) in [7, 11) is -3.74. The number of pyridine rings is 1. The van der Waals surface area contributed by atoms with Crippen LogP contribution in [0.5, 0.6) is 0 Å². The molecule has 0 bridgehead atoms. The number of hydrogen-bond donors (Lipinski definition) is 1. The van der Waals surface area contributed by atoms with Gasteiger partial charge in [0.05, 0.1) is 17.4 Å². The van der Waals surface area contributed by atoms with Crippen molar-refractivity contribution < 1.29 is 13.2 Å². The average Bonchev–Trinajstić information content (AvgIpc) is 3.08. The third kappa shape index (κ3) is 3.85. The van der Waals surface area contributed by atoms with Gasteiger partial charge in [-0.3, -0.25) is 14.2 Å². The Balaban J connectivity index is 2.07. The maximum Gasteiger partial charge on any atom is 0.256 e. The Morgan fingerprint density at radius 2 is 1.82 bits per heavy atom. The minimum Gasteiger partial charge on any atom is -0.352 e. The molecular weight excluding hydrogens is 404 g/mol. The third-order valence-corrected chi connectivity index (χ3v) is 5.24. The molecule has 0 aliphatic carbocycles. The molecule has 2 aromatic heterocycles. The molecule has 28 heavy (non-hydrogen) atoms. The summed E-state index contributed by atoms with van der Waals surface area (Å²) in [6.45, 7) is 2.09. The largest absolute Gasteiger partial charge is 0.352 e. The van der Waals surface area contributed by atoms with Gasteiger partial charge in [-0.05, 0) is 37.3 Å². The molecule has 3 aromatic rings. The fraction of sp³-hybridized carbons (Fsp3) is 0.167. The fourth-order valence-corrected chi connectivity index (χ4v) is 3.87. The second-order valence-electron chi connectivity index (χ2n) is 5.98. The molecule has 0 fully saturated rings. The molecule has 0 radical (unpaired) electrons. The fourth-order valence-electron chi connectivity index (χ4n) is 2.71. The summed E-state index contributed by atoms with van der Waals surface area (Å²) >= 11 is 5.81. The van der Waals surface area contributed by atoms with Crippen LogP contribution < -0.4 is 10.9 Å². The van der Waals surface area contributed by atoms with E-state index in [4.69, 9.17) is 11.6 Å². The zero-order chi connectivity index (χ0) is 20.5. The van der Waals surface area contributed by atoms with Crippen molar-refractivity contribution in [3.05, 3.63) is 69.7 Å². The van der Waals surface area contributed by atoms with E-state index >= 15 is 0 Å². The summed E-state index contributed by atoms with van der Waals surface area (Å²) in [5, 5.41) is 6.79. The molecule has 3 rings (SSSR count). The van der Waals surface area contributed by atoms with Crippen LogP contribution in [0.1, 0.15) is 17.3 Å². The first kappa shape index (κ1) is 19.8. The summed E-state index contributed by atoms with van der Waals surface area (Å²) in [6, 6.07) is 9.39. The number of sulfone groups is 1. The zero-order valence-corrected chi connectivity index (χ0v) is 16.7. The highest BCUT2D eigenvalue weighted by molar-refractivity contribution is 7.90. The molecule has 0 spiro atoms. The van der Waals surface area contributed by atoms with Crippen LogP contribution >= 0.6 is 11.6 Å². The predicted molar refractivity (Wildman–Crippen MR) is 105 cm³/mol. The van der Waals surface area contributed by atoms with Gasteiger partial charge >= 0.3 is 0 Å². The van der Waals surface area contributed by atoms with Crippen molar-refractivity contribution in [2.45, 2.75) is 11.9 Å². The van der Waals surface area contributed by atoms with Crippen LogP contribution in [0.3, 0.4) is 0 Å². The van der Waals surface area contributed by atoms with Crippen molar-refractivity contribution in [1.29, 1.82) is 0 Å². The van der Waals surface area contributed by atoms with E-state index in [0.29, 0.717) is 22.9 Å². The first-order chi connectivity index (χ1) is 13.2. The lowest BCUT2D eigenvalue weighted by molar-refractivity contribution is 0.0952. The van der Waals surface area contributed by atoms with E-state index in [0.717, 1.165) is 6.26 Å². The van der Waals surface area contributed by atoms with E-state index in [-0.39, 0.29) is 16.1 Å². The van der Waals surface area contributed by atoms with Gasteiger partial charge in [0.2, 0.25) is 0 Å². The lowest BCUT2D eigenvalue weighted by Gasteiger charge is -2.10. The molecule has 8 nitrogen and oxygen atoms in total. The van der Waals surface area contributed by atoms with Crippen LogP contribution in [0.25, 0.3) is 11.4 Å². The van der Waals surface area contributed by atoms with E-state index in [1.165, 1.54) is 21.5 Å². The van der Waals surface area contributed by atoms with Crippen LogP contribution in [0.15, 0.2) is 58.6 Å². The molecule has 0 saturated heterocycles. The van der Waals surface area contributed by atoms with Crippen LogP contribution in [0.4, 0.5) is 0 Å². The Labute approximate surface area is 166 Å². The van der Waals surface area contributed by atoms with Crippen molar-refractivity contribution in [2.24, 2.45) is 0 Å². The van der Waals surface area contributed by atoms with Gasteiger partial charge in [-0.1, -0.05) is 11.6 Å². The molecule has 0 aliphatic heterocycles. The Morgan fingerprint density at radius 3 is 2.39 bits per heavy atom. The predicted octanol–water partition coefficient (Wildman–Crippen LogP) is 1.83. The normalized spacial score (nSPS) is 11.4. The Kier molecular flexibility index (Phi) is 5.39. The van der Waals surface area contributed by atoms with Crippen molar-refractivity contribution in [1.82, 2.24) is 19.7 Å². The molecule has 1 amide bonds. The van der Waals surface area contributed by atoms with Crippen LogP contribution in [-0.4, -0.2) is 41.5 Å². The highest BCUT2D eigenvalue weighted by atomic mass is 35.5. The van der Waals surface area contributed by atoms with Crippen LogP contribution in [0, 0.1) is 0 Å². The van der Waals surface area contributed by atoms with E-state index in [9.17, 15) is 18.0 Å². The molecule has 146 valence electrons. The molecule has 1 aromatic carbocycles. The van der Waals surface area contributed by atoms with Crippen molar-refractivity contribution in [2.75, 3.05) is 12.8 Å². The average molecular weight is 421 g/mol. The Hall–Kier alpha value is -2.91. The lowest BCUT2D eigenvalue weighted by atomic mass is 10.2. The number of rotatable bonds is 5. The number of carbonyl (C=O) groups is 1. The van der Waals surface area contributed by atoms with Crippen LogP contribution in [-0.2, 0) is 9.84 Å². The summed E-state index contributed by atoms with van der Waals surface area (Å²) in [5.41, 5.74) is 0.682. The second-order valence-corrected chi connectivity index (χ2v) is 8.34. The van der Waals surface area contributed by atoms with E-state index < -0.39 is 15.7 Å². The van der Waals surface area contributed by atoms with E-state index in [1.54, 1.807) is 43.5 Å². The summed E-state index contributed by atoms with van der Waals surface area (Å²) < 4.78 is 27.2. The molecule has 0 saturated carbocycles. The number of carbonyl (C=O) groups excluding carboxylic acids is 1. The monoisotopic (exact) mass is 420 g/mol. The molecule has 2 heterocycles. The highest BCUT2D eigenvalue weighted by Crippen LogP contribution is 2.21. The van der Waals surface area contributed by atoms with Crippen LogP contribution in [0.2, 0.25) is 5.02 Å². The minimum atomic E-state index is -3.74. The van der Waals surface area contributed by atoms with Crippen molar-refractivity contribution in [3.8, 4) is 11.4 Å². The zero-order valence-electron chi connectivity index (χ0n) is 15.1. The molecule has 0 atom stereocenters.